The summed E-state index contributed by atoms with van der Waals surface area (Å²) in [5.74, 6) is 0.668. The molecule has 2 aromatic rings. The topological polar surface area (TPSA) is 69.2 Å². The second kappa shape index (κ2) is 6.32. The molecule has 0 saturated carbocycles. The fourth-order valence-electron chi connectivity index (χ4n) is 3.07. The summed E-state index contributed by atoms with van der Waals surface area (Å²) in [5, 5.41) is 8.94. The maximum Gasteiger partial charge on any atom is 0.335 e. The van der Waals surface area contributed by atoms with Crippen molar-refractivity contribution in [1.82, 2.24) is 14.9 Å². The van der Waals surface area contributed by atoms with Crippen molar-refractivity contribution in [3.63, 3.8) is 0 Å². The molecule has 1 aliphatic rings. The average Bonchev–Trinajstić information content (AvgIpc) is 2.95. The normalized spacial score (nSPS) is 19.2. The minimum absolute atomic E-state index is 0.339. The highest BCUT2D eigenvalue weighted by molar-refractivity contribution is 5.87. The number of carboxylic acid groups (broad SMARTS) is 1. The van der Waals surface area contributed by atoms with Crippen molar-refractivity contribution in [2.45, 2.75) is 32.2 Å². The van der Waals surface area contributed by atoms with E-state index in [2.05, 4.69) is 14.9 Å². The van der Waals surface area contributed by atoms with Crippen LogP contribution in [-0.4, -0.2) is 39.0 Å². The third kappa shape index (κ3) is 3.36. The van der Waals surface area contributed by atoms with Crippen LogP contribution in [0.3, 0.4) is 0 Å². The van der Waals surface area contributed by atoms with Gasteiger partial charge in [-0.05, 0) is 44.0 Å². The predicted octanol–water partition coefficient (Wildman–Crippen LogP) is 2.80. The Labute approximate surface area is 130 Å². The van der Waals surface area contributed by atoms with E-state index in [-0.39, 0.29) is 0 Å². The molecule has 1 aliphatic heterocycles. The van der Waals surface area contributed by atoms with Gasteiger partial charge in [0.05, 0.1) is 5.56 Å². The van der Waals surface area contributed by atoms with Gasteiger partial charge in [0.15, 0.2) is 0 Å². The standard InChI is InChI=1S/C17H21N3O2/c1-12-9-18-16(19-12)15-3-2-8-20(11-15)10-13-4-6-14(7-5-13)17(21)22/h4-7,9,15H,2-3,8,10-11H2,1H3,(H,18,19)(H,21,22). The molecule has 0 bridgehead atoms. The van der Waals surface area contributed by atoms with Crippen LogP contribution in [0.4, 0.5) is 0 Å². The molecule has 5 heteroatoms. The molecule has 0 aliphatic carbocycles. The first kappa shape index (κ1) is 14.8. The lowest BCUT2D eigenvalue weighted by Gasteiger charge is -2.31. The van der Waals surface area contributed by atoms with Gasteiger partial charge in [0.1, 0.15) is 5.82 Å². The van der Waals surface area contributed by atoms with Gasteiger partial charge in [0.25, 0.3) is 0 Å². The molecule has 2 N–H and O–H groups in total. The number of nitrogens with one attached hydrogen (secondary N) is 1. The number of aromatic nitrogens is 2. The molecule has 2 heterocycles. The van der Waals surface area contributed by atoms with Crippen molar-refractivity contribution in [2.75, 3.05) is 13.1 Å². The first-order chi connectivity index (χ1) is 10.6. The van der Waals surface area contributed by atoms with Crippen LogP contribution in [0.2, 0.25) is 0 Å². The largest absolute Gasteiger partial charge is 0.478 e. The van der Waals surface area contributed by atoms with Crippen LogP contribution in [0.15, 0.2) is 30.5 Å². The Morgan fingerprint density at radius 3 is 2.82 bits per heavy atom. The lowest BCUT2D eigenvalue weighted by molar-refractivity contribution is 0.0697. The van der Waals surface area contributed by atoms with Crippen molar-refractivity contribution < 1.29 is 9.90 Å². The van der Waals surface area contributed by atoms with Crippen molar-refractivity contribution in [3.8, 4) is 0 Å². The number of carbonyl (C=O) groups is 1. The quantitative estimate of drug-likeness (QED) is 0.911. The van der Waals surface area contributed by atoms with Crippen LogP contribution in [0.5, 0.6) is 0 Å². The van der Waals surface area contributed by atoms with Crippen molar-refractivity contribution in [1.29, 1.82) is 0 Å². The molecular formula is C17H21N3O2. The molecule has 5 nitrogen and oxygen atoms in total. The highest BCUT2D eigenvalue weighted by atomic mass is 16.4. The highest BCUT2D eigenvalue weighted by Gasteiger charge is 2.23. The van der Waals surface area contributed by atoms with Crippen LogP contribution in [0.1, 0.15) is 46.2 Å². The number of likely N-dealkylation sites (tertiary alicyclic amines) is 1. The van der Waals surface area contributed by atoms with Gasteiger partial charge in [0, 0.05) is 30.9 Å². The molecular weight excluding hydrogens is 278 g/mol. The summed E-state index contributed by atoms with van der Waals surface area (Å²) in [5.41, 5.74) is 2.60. The third-order valence-corrected chi connectivity index (χ3v) is 4.22. The molecule has 1 aromatic heterocycles. The highest BCUT2D eigenvalue weighted by Crippen LogP contribution is 2.25. The van der Waals surface area contributed by atoms with Crippen LogP contribution in [0.25, 0.3) is 0 Å². The van der Waals surface area contributed by atoms with E-state index >= 15 is 0 Å². The number of hydrogen-bond acceptors (Lipinski definition) is 3. The van der Waals surface area contributed by atoms with E-state index in [1.54, 1.807) is 12.1 Å². The zero-order chi connectivity index (χ0) is 15.5. The summed E-state index contributed by atoms with van der Waals surface area (Å²) < 4.78 is 0. The fourth-order valence-corrected chi connectivity index (χ4v) is 3.07. The molecule has 3 rings (SSSR count). The van der Waals surface area contributed by atoms with Gasteiger partial charge in [-0.3, -0.25) is 4.90 Å². The van der Waals surface area contributed by atoms with E-state index < -0.39 is 5.97 Å². The number of aromatic carboxylic acids is 1. The van der Waals surface area contributed by atoms with Gasteiger partial charge in [-0.1, -0.05) is 12.1 Å². The van der Waals surface area contributed by atoms with E-state index in [1.807, 2.05) is 25.3 Å². The number of imidazole rings is 1. The molecule has 0 spiro atoms. The number of aromatic amines is 1. The molecule has 0 radical (unpaired) electrons. The van der Waals surface area contributed by atoms with E-state index in [9.17, 15) is 4.79 Å². The van der Waals surface area contributed by atoms with Gasteiger partial charge < -0.3 is 10.1 Å². The number of hydrogen-bond donors (Lipinski definition) is 2. The lowest BCUT2D eigenvalue weighted by atomic mass is 9.97. The zero-order valence-corrected chi connectivity index (χ0v) is 12.7. The van der Waals surface area contributed by atoms with Crippen LogP contribution in [-0.2, 0) is 6.54 Å². The van der Waals surface area contributed by atoms with E-state index in [0.29, 0.717) is 11.5 Å². The Morgan fingerprint density at radius 2 is 2.18 bits per heavy atom. The summed E-state index contributed by atoms with van der Waals surface area (Å²) in [6.07, 6.45) is 4.22. The maximum absolute atomic E-state index is 10.9. The monoisotopic (exact) mass is 299 g/mol. The molecule has 1 unspecified atom stereocenters. The summed E-state index contributed by atoms with van der Waals surface area (Å²) in [6.45, 7) is 4.96. The Bertz CT molecular complexity index is 648. The van der Waals surface area contributed by atoms with Crippen LogP contribution >= 0.6 is 0 Å². The Hall–Kier alpha value is -2.14. The predicted molar refractivity (Wildman–Crippen MR) is 84.0 cm³/mol. The van der Waals surface area contributed by atoms with Gasteiger partial charge in [-0.15, -0.1) is 0 Å². The van der Waals surface area contributed by atoms with E-state index in [1.165, 1.54) is 6.42 Å². The van der Waals surface area contributed by atoms with E-state index in [0.717, 1.165) is 43.1 Å². The smallest absolute Gasteiger partial charge is 0.335 e. The maximum atomic E-state index is 10.9. The molecule has 1 atom stereocenters. The second-order valence-electron chi connectivity index (χ2n) is 6.03. The zero-order valence-electron chi connectivity index (χ0n) is 12.7. The number of piperidine rings is 1. The molecule has 22 heavy (non-hydrogen) atoms. The lowest BCUT2D eigenvalue weighted by Crippen LogP contribution is -2.34. The van der Waals surface area contributed by atoms with Crippen molar-refractivity contribution in [3.05, 3.63) is 53.1 Å². The summed E-state index contributed by atoms with van der Waals surface area (Å²) in [6, 6.07) is 7.16. The number of benzene rings is 1. The molecule has 1 aromatic carbocycles. The molecule has 1 saturated heterocycles. The molecule has 116 valence electrons. The van der Waals surface area contributed by atoms with E-state index in [4.69, 9.17) is 5.11 Å². The molecule has 0 amide bonds. The van der Waals surface area contributed by atoms with Crippen LogP contribution in [0, 0.1) is 6.92 Å². The Kier molecular flexibility index (Phi) is 4.24. The van der Waals surface area contributed by atoms with Crippen LogP contribution < -0.4 is 0 Å². The van der Waals surface area contributed by atoms with Gasteiger partial charge in [0.2, 0.25) is 0 Å². The minimum Gasteiger partial charge on any atom is -0.478 e. The second-order valence-corrected chi connectivity index (χ2v) is 6.03. The summed E-state index contributed by atoms with van der Waals surface area (Å²) >= 11 is 0. The van der Waals surface area contributed by atoms with Gasteiger partial charge >= 0.3 is 5.97 Å². The fraction of sp³-hybridized carbons (Fsp3) is 0.412. The summed E-state index contributed by atoms with van der Waals surface area (Å²) in [7, 11) is 0. The van der Waals surface area contributed by atoms with Crippen molar-refractivity contribution >= 4 is 5.97 Å². The molecule has 1 fully saturated rings. The average molecular weight is 299 g/mol. The Balaban J connectivity index is 1.63. The first-order valence-corrected chi connectivity index (χ1v) is 7.68. The SMILES string of the molecule is Cc1cnc(C2CCCN(Cc3ccc(C(=O)O)cc3)C2)[nH]1. The number of carboxylic acids is 1. The van der Waals surface area contributed by atoms with Gasteiger partial charge in [-0.25, -0.2) is 9.78 Å². The minimum atomic E-state index is -0.877. The van der Waals surface area contributed by atoms with Crippen molar-refractivity contribution in [2.24, 2.45) is 0 Å². The summed E-state index contributed by atoms with van der Waals surface area (Å²) in [4.78, 5) is 21.1. The third-order valence-electron chi connectivity index (χ3n) is 4.22. The number of H-pyrrole nitrogens is 1. The number of aryl methyl sites for hydroxylation is 1. The number of rotatable bonds is 4. The number of nitrogens with zero attached hydrogens (tertiary/aromatic N) is 2. The van der Waals surface area contributed by atoms with Gasteiger partial charge in [-0.2, -0.15) is 0 Å². The first-order valence-electron chi connectivity index (χ1n) is 7.68. The Morgan fingerprint density at radius 1 is 1.41 bits per heavy atom.